The Balaban J connectivity index is 0.960. The van der Waals surface area contributed by atoms with Crippen LogP contribution in [0.15, 0.2) is 61.3 Å². The highest BCUT2D eigenvalue weighted by atomic mass is 32.1. The first-order valence-electron chi connectivity index (χ1n) is 14.5. The average molecular weight is 595 g/mol. The number of pyridine rings is 1. The maximum absolute atomic E-state index is 13.0. The summed E-state index contributed by atoms with van der Waals surface area (Å²) in [4.78, 5) is 32.8. The van der Waals surface area contributed by atoms with E-state index >= 15 is 0 Å². The molecule has 3 aliphatic heterocycles. The summed E-state index contributed by atoms with van der Waals surface area (Å²) in [5.74, 6) is 2.27. The van der Waals surface area contributed by atoms with Crippen molar-refractivity contribution in [2.75, 3.05) is 31.6 Å². The minimum absolute atomic E-state index is 0.0622. The number of carbonyl (C=O) groups is 1. The number of anilines is 2. The lowest BCUT2D eigenvalue weighted by atomic mass is 10.0. The van der Waals surface area contributed by atoms with Gasteiger partial charge in [0.05, 0.1) is 30.8 Å². The number of ether oxygens (including phenoxy) is 2. The van der Waals surface area contributed by atoms with Gasteiger partial charge in [-0.25, -0.2) is 19.5 Å². The molecule has 5 aromatic rings. The first-order chi connectivity index (χ1) is 21.1. The van der Waals surface area contributed by atoms with Gasteiger partial charge in [0.15, 0.2) is 5.65 Å². The van der Waals surface area contributed by atoms with Crippen LogP contribution in [0.4, 0.5) is 11.5 Å². The van der Waals surface area contributed by atoms with E-state index in [9.17, 15) is 4.79 Å². The predicted octanol–water partition coefficient (Wildman–Crippen LogP) is 4.49. The van der Waals surface area contributed by atoms with E-state index in [1.165, 1.54) is 16.8 Å². The molecule has 2 atom stereocenters. The zero-order chi connectivity index (χ0) is 28.9. The first kappa shape index (κ1) is 26.3. The zero-order valence-corrected chi connectivity index (χ0v) is 24.5. The number of amides is 1. The molecular weight excluding hydrogens is 564 g/mol. The molecule has 8 rings (SSSR count). The molecule has 2 fully saturated rings. The van der Waals surface area contributed by atoms with Crippen molar-refractivity contribution >= 4 is 44.6 Å². The number of hydrogen-bond acceptors (Lipinski definition) is 10. The molecule has 218 valence electrons. The fraction of sp³-hybridized carbons (Fsp3) is 0.323. The number of rotatable bonds is 7. The largest absolute Gasteiger partial charge is 0.455 e. The number of benzene rings is 1. The molecule has 1 amide bonds. The third kappa shape index (κ3) is 5.01. The van der Waals surface area contributed by atoms with Crippen LogP contribution in [0, 0.1) is 6.92 Å². The van der Waals surface area contributed by atoms with Crippen molar-refractivity contribution in [1.29, 1.82) is 0 Å². The molecule has 43 heavy (non-hydrogen) atoms. The summed E-state index contributed by atoms with van der Waals surface area (Å²) < 4.78 is 13.5. The maximum Gasteiger partial charge on any atom is 0.246 e. The Hall–Kier alpha value is -4.39. The normalized spacial score (nSPS) is 20.0. The summed E-state index contributed by atoms with van der Waals surface area (Å²) >= 11 is 1.64. The molecule has 1 aromatic carbocycles. The van der Waals surface area contributed by atoms with Crippen molar-refractivity contribution in [2.24, 2.45) is 0 Å². The summed E-state index contributed by atoms with van der Waals surface area (Å²) in [7, 11) is 0. The van der Waals surface area contributed by atoms with Crippen LogP contribution in [0.1, 0.15) is 22.4 Å². The summed E-state index contributed by atoms with van der Waals surface area (Å²) in [5, 5.41) is 8.72. The lowest BCUT2D eigenvalue weighted by Gasteiger charge is -2.27. The molecule has 0 saturated carbocycles. The highest BCUT2D eigenvalue weighted by Gasteiger charge is 2.38. The first-order valence-corrected chi connectivity index (χ1v) is 15.3. The molecular formula is C31H30N8O3S. The van der Waals surface area contributed by atoms with E-state index in [1.54, 1.807) is 28.3 Å². The molecule has 3 aliphatic rings. The summed E-state index contributed by atoms with van der Waals surface area (Å²) in [6.45, 7) is 5.86. The lowest BCUT2D eigenvalue weighted by molar-refractivity contribution is -0.126. The van der Waals surface area contributed by atoms with Gasteiger partial charge in [-0.15, -0.1) is 11.3 Å². The van der Waals surface area contributed by atoms with Crippen LogP contribution in [0.25, 0.3) is 15.9 Å². The van der Waals surface area contributed by atoms with Gasteiger partial charge in [-0.05, 0) is 61.2 Å². The maximum atomic E-state index is 13.0. The molecule has 0 aliphatic carbocycles. The molecule has 0 radical (unpaired) electrons. The quantitative estimate of drug-likeness (QED) is 0.273. The van der Waals surface area contributed by atoms with Crippen LogP contribution >= 0.6 is 11.3 Å². The van der Waals surface area contributed by atoms with Crippen LogP contribution in [0.2, 0.25) is 0 Å². The van der Waals surface area contributed by atoms with E-state index in [0.29, 0.717) is 31.0 Å². The second-order valence-electron chi connectivity index (χ2n) is 11.3. The number of morpholine rings is 1. The zero-order valence-electron chi connectivity index (χ0n) is 23.6. The predicted molar refractivity (Wildman–Crippen MR) is 163 cm³/mol. The highest BCUT2D eigenvalue weighted by molar-refractivity contribution is 7.19. The standard InChI is InChI=1S/C31H30N8O3S/c1-19-11-20(4-6-25(19)42-22-5-7-27-32-18-35-39(27)14-22)36-30-29-24-8-10-38(15-26(24)43-31(29)34-17-33-30)28(40)3-2-9-37-13-23-12-21(37)16-41-23/h2-7,11,14,17-18,21,23H,8-10,12-13,15-16H2,1H3,(H,33,34,36)/b3-2+. The van der Waals surface area contributed by atoms with Gasteiger partial charge in [-0.2, -0.15) is 5.10 Å². The summed E-state index contributed by atoms with van der Waals surface area (Å²) in [5.41, 5.74) is 3.88. The number of nitrogens with zero attached hydrogens (tertiary/aromatic N) is 7. The highest BCUT2D eigenvalue weighted by Crippen LogP contribution is 2.38. The Bertz CT molecular complexity index is 1880. The Morgan fingerprint density at radius 3 is 3.02 bits per heavy atom. The van der Waals surface area contributed by atoms with Gasteiger partial charge in [0.1, 0.15) is 34.8 Å². The molecule has 2 bridgehead atoms. The molecule has 2 saturated heterocycles. The molecule has 7 heterocycles. The average Bonchev–Trinajstić information content (AvgIpc) is 3.82. The fourth-order valence-corrected chi connectivity index (χ4v) is 7.47. The van der Waals surface area contributed by atoms with Gasteiger partial charge in [0, 0.05) is 42.3 Å². The molecule has 2 unspecified atom stereocenters. The van der Waals surface area contributed by atoms with Crippen LogP contribution < -0.4 is 10.1 Å². The van der Waals surface area contributed by atoms with Crippen LogP contribution in [0.5, 0.6) is 11.5 Å². The van der Waals surface area contributed by atoms with Crippen molar-refractivity contribution in [3.8, 4) is 11.5 Å². The number of fused-ring (bicyclic) bond motifs is 6. The number of hydrogen-bond donors (Lipinski definition) is 1. The fourth-order valence-electron chi connectivity index (χ4n) is 6.27. The topological polar surface area (TPSA) is 110 Å². The van der Waals surface area contributed by atoms with E-state index < -0.39 is 0 Å². The lowest BCUT2D eigenvalue weighted by Crippen LogP contribution is -2.37. The summed E-state index contributed by atoms with van der Waals surface area (Å²) in [6.07, 6.45) is 10.9. The van der Waals surface area contributed by atoms with E-state index in [0.717, 1.165) is 71.2 Å². The van der Waals surface area contributed by atoms with Crippen LogP contribution in [0.3, 0.4) is 0 Å². The van der Waals surface area contributed by atoms with Crippen LogP contribution in [-0.4, -0.2) is 78.7 Å². The minimum Gasteiger partial charge on any atom is -0.455 e. The van der Waals surface area contributed by atoms with Crippen molar-refractivity contribution in [1.82, 2.24) is 34.4 Å². The molecule has 11 nitrogen and oxygen atoms in total. The Kier molecular flexibility index (Phi) is 6.54. The molecule has 0 spiro atoms. The molecule has 12 heteroatoms. The van der Waals surface area contributed by atoms with Gasteiger partial charge in [-0.1, -0.05) is 6.08 Å². The third-order valence-electron chi connectivity index (χ3n) is 8.48. The number of nitrogens with one attached hydrogen (secondary N) is 1. The van der Waals surface area contributed by atoms with Gasteiger partial charge >= 0.3 is 0 Å². The Morgan fingerprint density at radius 1 is 1.21 bits per heavy atom. The number of thiophene rings is 1. The van der Waals surface area contributed by atoms with E-state index in [4.69, 9.17) is 9.47 Å². The van der Waals surface area contributed by atoms with Crippen molar-refractivity contribution < 1.29 is 14.3 Å². The number of aryl methyl sites for hydroxylation is 1. The monoisotopic (exact) mass is 594 g/mol. The number of aromatic nitrogens is 5. The Morgan fingerprint density at radius 2 is 2.16 bits per heavy atom. The van der Waals surface area contributed by atoms with E-state index in [1.807, 2.05) is 54.4 Å². The van der Waals surface area contributed by atoms with E-state index in [-0.39, 0.29) is 5.91 Å². The second-order valence-corrected chi connectivity index (χ2v) is 12.3. The minimum atomic E-state index is 0.0622. The number of carbonyl (C=O) groups excluding carboxylic acids is 1. The van der Waals surface area contributed by atoms with Gasteiger partial charge < -0.3 is 19.7 Å². The van der Waals surface area contributed by atoms with E-state index in [2.05, 4.69) is 30.3 Å². The summed E-state index contributed by atoms with van der Waals surface area (Å²) in [6, 6.07) is 10.2. The van der Waals surface area contributed by atoms with Crippen molar-refractivity contribution in [3.63, 3.8) is 0 Å². The Labute approximate surface area is 251 Å². The SMILES string of the molecule is Cc1cc(Nc2ncnc3sc4c(c23)CCN(C(=O)/C=C/CN2CC3CC2CO3)C4)ccc1Oc1ccc2ncnn2c1. The molecule has 1 N–H and O–H groups in total. The van der Waals surface area contributed by atoms with Gasteiger partial charge in [-0.3, -0.25) is 9.69 Å². The smallest absolute Gasteiger partial charge is 0.246 e. The van der Waals surface area contributed by atoms with Gasteiger partial charge in [0.2, 0.25) is 5.91 Å². The molecule has 4 aromatic heterocycles. The van der Waals surface area contributed by atoms with Crippen LogP contribution in [-0.2, 0) is 22.5 Å². The van der Waals surface area contributed by atoms with Gasteiger partial charge in [0.25, 0.3) is 0 Å². The van der Waals surface area contributed by atoms with Crippen molar-refractivity contribution in [3.05, 3.63) is 77.3 Å². The van der Waals surface area contributed by atoms with Crippen molar-refractivity contribution in [2.45, 2.75) is 38.5 Å². The third-order valence-corrected chi connectivity index (χ3v) is 9.60. The second kappa shape index (κ2) is 10.7. The number of likely N-dealkylation sites (tertiary alicyclic amines) is 1.